The summed E-state index contributed by atoms with van der Waals surface area (Å²) < 4.78 is 6.46. The molecular formula is C15H23BrN2O2S. The number of halogens is 1. The van der Waals surface area contributed by atoms with Gasteiger partial charge in [-0.05, 0) is 62.0 Å². The fourth-order valence-corrected chi connectivity index (χ4v) is 3.92. The predicted octanol–water partition coefficient (Wildman–Crippen LogP) is 4.05. The Bertz CT molecular complexity index is 484. The average Bonchev–Trinajstić information content (AvgIpc) is 2.93. The number of hydrogen-bond donors (Lipinski definition) is 2. The predicted molar refractivity (Wildman–Crippen MR) is 89.7 cm³/mol. The van der Waals surface area contributed by atoms with Crippen molar-refractivity contribution < 1.29 is 9.53 Å². The van der Waals surface area contributed by atoms with Crippen molar-refractivity contribution in [3.63, 3.8) is 0 Å². The van der Waals surface area contributed by atoms with Crippen LogP contribution in [0.3, 0.4) is 0 Å². The molecular weight excluding hydrogens is 352 g/mol. The lowest BCUT2D eigenvalue weighted by Crippen LogP contribution is -2.47. The Morgan fingerprint density at radius 2 is 2.14 bits per heavy atom. The molecule has 1 aliphatic carbocycles. The van der Waals surface area contributed by atoms with E-state index in [1.54, 1.807) is 11.3 Å². The lowest BCUT2D eigenvalue weighted by molar-refractivity contribution is 0.0498. The molecule has 1 fully saturated rings. The van der Waals surface area contributed by atoms with E-state index in [0.29, 0.717) is 6.04 Å². The first-order chi connectivity index (χ1) is 9.83. The summed E-state index contributed by atoms with van der Waals surface area (Å²) in [6.07, 6.45) is 2.91. The van der Waals surface area contributed by atoms with E-state index in [1.165, 1.54) is 4.88 Å². The van der Waals surface area contributed by atoms with E-state index in [0.717, 1.165) is 30.3 Å². The van der Waals surface area contributed by atoms with Crippen molar-refractivity contribution in [3.05, 3.63) is 20.8 Å². The van der Waals surface area contributed by atoms with Crippen LogP contribution in [0.2, 0.25) is 0 Å². The van der Waals surface area contributed by atoms with Gasteiger partial charge in [0.25, 0.3) is 0 Å². The van der Waals surface area contributed by atoms with Crippen molar-refractivity contribution in [2.24, 2.45) is 0 Å². The number of carbonyl (C=O) groups excluding carboxylic acids is 1. The van der Waals surface area contributed by atoms with E-state index < -0.39 is 5.60 Å². The second-order valence-corrected chi connectivity index (χ2v) is 8.31. The normalized spacial score (nSPS) is 22.3. The third-order valence-corrected chi connectivity index (χ3v) is 5.08. The molecule has 1 aliphatic rings. The van der Waals surface area contributed by atoms with Gasteiger partial charge < -0.3 is 15.4 Å². The molecule has 1 heterocycles. The smallest absolute Gasteiger partial charge is 0.407 e. The molecule has 1 amide bonds. The van der Waals surface area contributed by atoms with Gasteiger partial charge in [0, 0.05) is 33.4 Å². The maximum atomic E-state index is 11.9. The second kappa shape index (κ2) is 7.11. The van der Waals surface area contributed by atoms with E-state index in [1.807, 2.05) is 20.8 Å². The summed E-state index contributed by atoms with van der Waals surface area (Å²) in [6, 6.07) is 2.60. The van der Waals surface area contributed by atoms with Crippen molar-refractivity contribution in [2.45, 2.75) is 64.3 Å². The molecule has 0 spiro atoms. The number of thiophene rings is 1. The molecule has 2 N–H and O–H groups in total. The summed E-state index contributed by atoms with van der Waals surface area (Å²) in [5.41, 5.74) is -0.450. The highest BCUT2D eigenvalue weighted by Gasteiger charge is 2.29. The highest BCUT2D eigenvalue weighted by molar-refractivity contribution is 9.10. The standard InChI is InChI=1S/C15H23BrN2O2S/c1-15(2,3)20-14(19)18-13-6-4-5-12(13)17-8-11-7-10(16)9-21-11/h7,9,12-13,17H,4-6,8H2,1-3H3,(H,18,19). The molecule has 0 radical (unpaired) electrons. The Kier molecular flexibility index (Phi) is 5.68. The van der Waals surface area contributed by atoms with Crippen LogP contribution in [0, 0.1) is 0 Å². The fourth-order valence-electron chi connectivity index (χ4n) is 2.51. The van der Waals surface area contributed by atoms with E-state index in [2.05, 4.69) is 38.0 Å². The van der Waals surface area contributed by atoms with E-state index >= 15 is 0 Å². The molecule has 1 aromatic heterocycles. The van der Waals surface area contributed by atoms with Crippen molar-refractivity contribution in [3.8, 4) is 0 Å². The number of nitrogens with one attached hydrogen (secondary N) is 2. The van der Waals surface area contributed by atoms with Crippen LogP contribution in [0.15, 0.2) is 15.9 Å². The first-order valence-electron chi connectivity index (χ1n) is 7.29. The van der Waals surface area contributed by atoms with Crippen molar-refractivity contribution in [1.82, 2.24) is 10.6 Å². The quantitative estimate of drug-likeness (QED) is 0.835. The van der Waals surface area contributed by atoms with Crippen LogP contribution in [-0.2, 0) is 11.3 Å². The van der Waals surface area contributed by atoms with Gasteiger partial charge in [-0.25, -0.2) is 4.79 Å². The van der Waals surface area contributed by atoms with Crippen LogP contribution in [0.4, 0.5) is 4.79 Å². The first kappa shape index (κ1) is 16.8. The Hall–Kier alpha value is -0.590. The molecule has 0 saturated heterocycles. The SMILES string of the molecule is CC(C)(C)OC(=O)NC1CCCC1NCc1cc(Br)cs1. The Labute approximate surface area is 138 Å². The molecule has 0 aliphatic heterocycles. The second-order valence-electron chi connectivity index (χ2n) is 6.40. The maximum Gasteiger partial charge on any atom is 0.407 e. The summed E-state index contributed by atoms with van der Waals surface area (Å²) in [6.45, 7) is 6.48. The monoisotopic (exact) mass is 374 g/mol. The van der Waals surface area contributed by atoms with Crippen LogP contribution in [0.1, 0.15) is 44.9 Å². The number of ether oxygens (including phenoxy) is 1. The van der Waals surface area contributed by atoms with Crippen LogP contribution in [0.5, 0.6) is 0 Å². The van der Waals surface area contributed by atoms with Crippen LogP contribution < -0.4 is 10.6 Å². The Morgan fingerprint density at radius 1 is 1.43 bits per heavy atom. The third-order valence-electron chi connectivity index (χ3n) is 3.38. The number of alkyl carbamates (subject to hydrolysis) is 1. The number of amides is 1. The van der Waals surface area contributed by atoms with Crippen LogP contribution in [-0.4, -0.2) is 23.8 Å². The molecule has 0 bridgehead atoms. The van der Waals surface area contributed by atoms with Crippen molar-refractivity contribution in [2.75, 3.05) is 0 Å². The summed E-state index contributed by atoms with van der Waals surface area (Å²) in [4.78, 5) is 13.2. The minimum Gasteiger partial charge on any atom is -0.444 e. The van der Waals surface area contributed by atoms with Gasteiger partial charge in [0.1, 0.15) is 5.60 Å². The molecule has 2 unspecified atom stereocenters. The lowest BCUT2D eigenvalue weighted by atomic mass is 10.1. The topological polar surface area (TPSA) is 50.4 Å². The number of carbonyl (C=O) groups is 1. The zero-order valence-corrected chi connectivity index (χ0v) is 15.1. The van der Waals surface area contributed by atoms with Crippen LogP contribution in [0.25, 0.3) is 0 Å². The average molecular weight is 375 g/mol. The summed E-state index contributed by atoms with van der Waals surface area (Å²) in [5.74, 6) is 0. The zero-order chi connectivity index (χ0) is 15.5. The fraction of sp³-hybridized carbons (Fsp3) is 0.667. The van der Waals surface area contributed by atoms with Gasteiger partial charge in [0.2, 0.25) is 0 Å². The van der Waals surface area contributed by atoms with Crippen molar-refractivity contribution in [1.29, 1.82) is 0 Å². The molecule has 2 atom stereocenters. The summed E-state index contributed by atoms with van der Waals surface area (Å²) in [5, 5.41) is 8.63. The molecule has 4 nitrogen and oxygen atoms in total. The largest absolute Gasteiger partial charge is 0.444 e. The van der Waals surface area contributed by atoms with Gasteiger partial charge in [0.05, 0.1) is 0 Å². The van der Waals surface area contributed by atoms with Gasteiger partial charge >= 0.3 is 6.09 Å². The van der Waals surface area contributed by atoms with E-state index in [-0.39, 0.29) is 12.1 Å². The molecule has 0 aromatic carbocycles. The molecule has 1 saturated carbocycles. The van der Waals surface area contributed by atoms with Gasteiger partial charge in [0.15, 0.2) is 0 Å². The number of rotatable bonds is 4. The van der Waals surface area contributed by atoms with Crippen molar-refractivity contribution >= 4 is 33.4 Å². The summed E-state index contributed by atoms with van der Waals surface area (Å²) >= 11 is 5.20. The van der Waals surface area contributed by atoms with Gasteiger partial charge in [-0.2, -0.15) is 0 Å². The number of hydrogen-bond acceptors (Lipinski definition) is 4. The van der Waals surface area contributed by atoms with Gasteiger partial charge in [-0.3, -0.25) is 0 Å². The highest BCUT2D eigenvalue weighted by atomic mass is 79.9. The van der Waals surface area contributed by atoms with E-state index in [9.17, 15) is 4.79 Å². The lowest BCUT2D eigenvalue weighted by Gasteiger charge is -2.25. The molecule has 2 rings (SSSR count). The van der Waals surface area contributed by atoms with Gasteiger partial charge in [-0.1, -0.05) is 0 Å². The van der Waals surface area contributed by atoms with E-state index in [4.69, 9.17) is 4.74 Å². The van der Waals surface area contributed by atoms with Gasteiger partial charge in [-0.15, -0.1) is 11.3 Å². The zero-order valence-electron chi connectivity index (χ0n) is 12.7. The first-order valence-corrected chi connectivity index (χ1v) is 8.96. The van der Waals surface area contributed by atoms with Crippen LogP contribution >= 0.6 is 27.3 Å². The molecule has 118 valence electrons. The Morgan fingerprint density at radius 3 is 2.76 bits per heavy atom. The highest BCUT2D eigenvalue weighted by Crippen LogP contribution is 2.23. The molecule has 21 heavy (non-hydrogen) atoms. The maximum absolute atomic E-state index is 11.9. The minimum atomic E-state index is -0.450. The molecule has 6 heteroatoms. The molecule has 1 aromatic rings. The minimum absolute atomic E-state index is 0.156. The Balaban J connectivity index is 1.81. The third kappa shape index (κ3) is 5.60. The summed E-state index contributed by atoms with van der Waals surface area (Å²) in [7, 11) is 0.